The van der Waals surface area contributed by atoms with E-state index in [-0.39, 0.29) is 0 Å². The predicted octanol–water partition coefficient (Wildman–Crippen LogP) is 1.47. The van der Waals surface area contributed by atoms with Crippen LogP contribution in [-0.4, -0.2) is 37.1 Å². The van der Waals surface area contributed by atoms with Crippen molar-refractivity contribution >= 4 is 0 Å². The highest BCUT2D eigenvalue weighted by atomic mass is 15.2. The fourth-order valence-electron chi connectivity index (χ4n) is 3.68. The number of rotatable bonds is 3. The molecule has 0 aromatic heterocycles. The highest BCUT2D eigenvalue weighted by molar-refractivity contribution is 5.03. The van der Waals surface area contributed by atoms with Crippen molar-refractivity contribution in [2.45, 2.75) is 44.2 Å². The molecule has 2 nitrogen and oxygen atoms in total. The smallest absolute Gasteiger partial charge is 0.0114 e. The third-order valence-electron chi connectivity index (χ3n) is 4.77. The van der Waals surface area contributed by atoms with Crippen LogP contribution in [0.3, 0.4) is 0 Å². The third-order valence-corrected chi connectivity index (χ3v) is 4.77. The van der Waals surface area contributed by atoms with E-state index in [4.69, 9.17) is 0 Å². The third kappa shape index (κ3) is 1.40. The summed E-state index contributed by atoms with van der Waals surface area (Å²) in [6.07, 6.45) is 7.29. The van der Waals surface area contributed by atoms with Gasteiger partial charge in [-0.3, -0.25) is 0 Å². The van der Waals surface area contributed by atoms with E-state index in [2.05, 4.69) is 17.3 Å². The van der Waals surface area contributed by atoms with Crippen LogP contribution in [0.1, 0.15) is 32.1 Å². The summed E-state index contributed by atoms with van der Waals surface area (Å²) < 4.78 is 0. The van der Waals surface area contributed by atoms with E-state index >= 15 is 0 Å². The molecule has 2 heteroatoms. The minimum atomic E-state index is 0.879. The Hall–Kier alpha value is -0.0800. The number of nitrogens with one attached hydrogen (secondary N) is 1. The molecule has 2 aliphatic heterocycles. The summed E-state index contributed by atoms with van der Waals surface area (Å²) in [5.41, 5.74) is 0. The molecule has 0 amide bonds. The number of nitrogens with zero attached hydrogens (tertiary/aromatic N) is 1. The summed E-state index contributed by atoms with van der Waals surface area (Å²) in [4.78, 5) is 2.64. The average Bonchev–Trinajstić information content (AvgIpc) is 2.85. The number of hydrogen-bond donors (Lipinski definition) is 1. The van der Waals surface area contributed by atoms with Crippen LogP contribution in [0.5, 0.6) is 0 Å². The SMILES string of the molecule is CN(CC1C2CNC1C2)C1CCCC1. The predicted molar refractivity (Wildman–Crippen MR) is 58.3 cm³/mol. The van der Waals surface area contributed by atoms with Gasteiger partial charge in [-0.15, -0.1) is 0 Å². The first kappa shape index (κ1) is 9.17. The Kier molecular flexibility index (Phi) is 2.29. The van der Waals surface area contributed by atoms with Gasteiger partial charge in [0, 0.05) is 18.6 Å². The summed E-state index contributed by atoms with van der Waals surface area (Å²) >= 11 is 0. The molecule has 0 spiro atoms. The van der Waals surface area contributed by atoms with Gasteiger partial charge in [-0.05, 0) is 44.7 Å². The fraction of sp³-hybridized carbons (Fsp3) is 1.00. The Morgan fingerprint density at radius 2 is 2.07 bits per heavy atom. The molecule has 2 bridgehead atoms. The van der Waals surface area contributed by atoms with Gasteiger partial charge in [-0.1, -0.05) is 12.8 Å². The summed E-state index contributed by atoms with van der Waals surface area (Å²) in [5, 5.41) is 3.61. The van der Waals surface area contributed by atoms with Crippen LogP contribution in [0.25, 0.3) is 0 Å². The molecule has 3 unspecified atom stereocenters. The second-order valence-corrected chi connectivity index (χ2v) is 5.55. The molecule has 2 heterocycles. The minimum Gasteiger partial charge on any atom is -0.313 e. The second-order valence-electron chi connectivity index (χ2n) is 5.55. The van der Waals surface area contributed by atoms with Crippen molar-refractivity contribution in [2.24, 2.45) is 11.8 Å². The fourth-order valence-corrected chi connectivity index (χ4v) is 3.68. The van der Waals surface area contributed by atoms with Crippen molar-refractivity contribution in [1.82, 2.24) is 10.2 Å². The average molecular weight is 194 g/mol. The lowest BCUT2D eigenvalue weighted by Crippen LogP contribution is -2.46. The van der Waals surface area contributed by atoms with Crippen LogP contribution in [0.2, 0.25) is 0 Å². The highest BCUT2D eigenvalue weighted by Gasteiger charge is 2.46. The molecule has 0 aromatic carbocycles. The maximum atomic E-state index is 3.61. The van der Waals surface area contributed by atoms with E-state index in [1.807, 2.05) is 0 Å². The molecule has 2 aliphatic carbocycles. The summed E-state index contributed by atoms with van der Waals surface area (Å²) in [7, 11) is 2.34. The lowest BCUT2D eigenvalue weighted by molar-refractivity contribution is 0.122. The Morgan fingerprint density at radius 3 is 2.64 bits per heavy atom. The lowest BCUT2D eigenvalue weighted by atomic mass is 9.73. The van der Waals surface area contributed by atoms with E-state index in [1.54, 1.807) is 0 Å². The Balaban J connectivity index is 1.52. The molecule has 4 rings (SSSR count). The largest absolute Gasteiger partial charge is 0.313 e. The Morgan fingerprint density at radius 1 is 1.29 bits per heavy atom. The molecule has 3 atom stereocenters. The topological polar surface area (TPSA) is 15.3 Å². The maximum absolute atomic E-state index is 3.61. The minimum absolute atomic E-state index is 0.879. The van der Waals surface area contributed by atoms with Crippen molar-refractivity contribution < 1.29 is 0 Å². The van der Waals surface area contributed by atoms with Gasteiger partial charge in [0.1, 0.15) is 0 Å². The van der Waals surface area contributed by atoms with Crippen LogP contribution < -0.4 is 5.32 Å². The van der Waals surface area contributed by atoms with Gasteiger partial charge in [-0.25, -0.2) is 0 Å². The first-order valence-corrected chi connectivity index (χ1v) is 6.28. The molecule has 4 aliphatic rings. The van der Waals surface area contributed by atoms with Gasteiger partial charge in [-0.2, -0.15) is 0 Å². The van der Waals surface area contributed by atoms with E-state index in [1.165, 1.54) is 45.2 Å². The molecule has 2 saturated heterocycles. The Labute approximate surface area is 87.0 Å². The summed E-state index contributed by atoms with van der Waals surface area (Å²) in [6, 6.07) is 1.79. The van der Waals surface area contributed by atoms with Crippen LogP contribution in [0.4, 0.5) is 0 Å². The molecule has 4 fully saturated rings. The quantitative estimate of drug-likeness (QED) is 0.732. The molecule has 0 radical (unpaired) electrons. The zero-order valence-corrected chi connectivity index (χ0v) is 9.21. The molecule has 1 N–H and O–H groups in total. The molecule has 0 aromatic rings. The van der Waals surface area contributed by atoms with Gasteiger partial charge >= 0.3 is 0 Å². The standard InChI is InChI=1S/C12H22N2/c1-14(10-4-2-3-5-10)8-11-9-6-12(11)13-7-9/h9-13H,2-8H2,1H3. The monoisotopic (exact) mass is 194 g/mol. The van der Waals surface area contributed by atoms with E-state index in [9.17, 15) is 0 Å². The number of fused-ring (bicyclic) bond motifs is 1. The van der Waals surface area contributed by atoms with Crippen molar-refractivity contribution in [3.63, 3.8) is 0 Å². The van der Waals surface area contributed by atoms with E-state index in [0.29, 0.717) is 0 Å². The van der Waals surface area contributed by atoms with Crippen molar-refractivity contribution in [3.05, 3.63) is 0 Å². The molecule has 14 heavy (non-hydrogen) atoms. The van der Waals surface area contributed by atoms with Gasteiger partial charge in [0.2, 0.25) is 0 Å². The molecule has 2 saturated carbocycles. The molecule has 80 valence electrons. The Bertz CT molecular complexity index is 196. The summed E-state index contributed by atoms with van der Waals surface area (Å²) in [6.45, 7) is 2.65. The van der Waals surface area contributed by atoms with Crippen LogP contribution >= 0.6 is 0 Å². The highest BCUT2D eigenvalue weighted by Crippen LogP contribution is 2.40. The van der Waals surface area contributed by atoms with Crippen molar-refractivity contribution in [2.75, 3.05) is 20.1 Å². The van der Waals surface area contributed by atoms with Gasteiger partial charge in [0.15, 0.2) is 0 Å². The summed E-state index contributed by atoms with van der Waals surface area (Å²) in [5.74, 6) is 2.00. The van der Waals surface area contributed by atoms with Crippen molar-refractivity contribution in [3.8, 4) is 0 Å². The van der Waals surface area contributed by atoms with Crippen LogP contribution in [-0.2, 0) is 0 Å². The van der Waals surface area contributed by atoms with Crippen LogP contribution in [0, 0.1) is 11.8 Å². The van der Waals surface area contributed by atoms with Crippen LogP contribution in [0.15, 0.2) is 0 Å². The first-order valence-electron chi connectivity index (χ1n) is 6.28. The first-order chi connectivity index (χ1) is 6.84. The van der Waals surface area contributed by atoms with Gasteiger partial charge in [0.05, 0.1) is 0 Å². The van der Waals surface area contributed by atoms with E-state index in [0.717, 1.165) is 23.9 Å². The molecular weight excluding hydrogens is 172 g/mol. The molecular formula is C12H22N2. The maximum Gasteiger partial charge on any atom is 0.0114 e. The number of hydrogen-bond acceptors (Lipinski definition) is 2. The van der Waals surface area contributed by atoms with Gasteiger partial charge in [0.25, 0.3) is 0 Å². The normalized spacial score (nSPS) is 42.0. The van der Waals surface area contributed by atoms with Gasteiger partial charge < -0.3 is 10.2 Å². The van der Waals surface area contributed by atoms with E-state index < -0.39 is 0 Å². The second kappa shape index (κ2) is 3.49. The zero-order chi connectivity index (χ0) is 9.54. The zero-order valence-electron chi connectivity index (χ0n) is 9.21. The lowest BCUT2D eigenvalue weighted by Gasteiger charge is -2.39. The van der Waals surface area contributed by atoms with Crippen molar-refractivity contribution in [1.29, 1.82) is 0 Å².